The molecule has 3 aliphatic rings. The molecule has 5 nitrogen and oxygen atoms in total. The van der Waals surface area contributed by atoms with Gasteiger partial charge in [0, 0.05) is 23.8 Å². The Morgan fingerprint density at radius 1 is 1.36 bits per heavy atom. The van der Waals surface area contributed by atoms with E-state index < -0.39 is 12.0 Å². The molecule has 28 heavy (non-hydrogen) atoms. The third-order valence-corrected chi connectivity index (χ3v) is 6.63. The van der Waals surface area contributed by atoms with Crippen LogP contribution in [-0.2, 0) is 9.59 Å². The molecule has 0 aromatic heterocycles. The summed E-state index contributed by atoms with van der Waals surface area (Å²) in [6.07, 6.45) is 18.4. The summed E-state index contributed by atoms with van der Waals surface area (Å²) >= 11 is 1.49. The number of aliphatic carboxylic acids is 1. The number of hydrogen-bond donors (Lipinski definition) is 2. The van der Waals surface area contributed by atoms with Crippen LogP contribution < -0.4 is 5.32 Å². The lowest BCUT2D eigenvalue weighted by atomic mass is 10.1. The number of carbonyl (C=O) groups excluding carboxylic acids is 1. The van der Waals surface area contributed by atoms with Crippen LogP contribution in [0.5, 0.6) is 0 Å². The van der Waals surface area contributed by atoms with Crippen LogP contribution in [0.2, 0.25) is 0 Å². The highest BCUT2D eigenvalue weighted by Crippen LogP contribution is 2.55. The Kier molecular flexibility index (Phi) is 6.50. The van der Waals surface area contributed by atoms with Crippen molar-refractivity contribution < 1.29 is 14.7 Å². The number of carbonyl (C=O) groups is 2. The minimum Gasteiger partial charge on any atom is -0.480 e. The quantitative estimate of drug-likeness (QED) is 0.611. The lowest BCUT2D eigenvalue weighted by molar-refractivity contribution is -0.140. The molecular weight excluding hydrogens is 372 g/mol. The molecule has 5 atom stereocenters. The molecule has 1 saturated heterocycles. The van der Waals surface area contributed by atoms with Crippen LogP contribution in [0.1, 0.15) is 27.2 Å². The van der Waals surface area contributed by atoms with Crippen molar-refractivity contribution in [1.29, 1.82) is 0 Å². The molecule has 1 aliphatic carbocycles. The first-order valence-corrected chi connectivity index (χ1v) is 10.7. The second kappa shape index (κ2) is 8.86. The summed E-state index contributed by atoms with van der Waals surface area (Å²) in [5.74, 6) is 0.386. The van der Waals surface area contributed by atoms with E-state index in [-0.39, 0.29) is 5.91 Å². The first kappa shape index (κ1) is 20.5. The number of hydrogen-bond acceptors (Lipinski definition) is 4. The number of piperidine rings is 1. The average molecular weight is 401 g/mol. The van der Waals surface area contributed by atoms with Crippen molar-refractivity contribution in [2.45, 2.75) is 45.3 Å². The first-order valence-electron chi connectivity index (χ1n) is 9.68. The SMILES string of the molecule is C/C=C(C)/C=C/C=C/[C@H]1[C@@H]2C[C@@H]2C2C=C(SC[C@H](NC(C)=O)C(=O)O)C=CN21. The third kappa shape index (κ3) is 4.79. The van der Waals surface area contributed by atoms with E-state index in [9.17, 15) is 14.7 Å². The van der Waals surface area contributed by atoms with Crippen LogP contribution in [0.25, 0.3) is 0 Å². The number of amides is 1. The van der Waals surface area contributed by atoms with Gasteiger partial charge in [0.15, 0.2) is 0 Å². The van der Waals surface area contributed by atoms with E-state index in [1.807, 2.05) is 6.92 Å². The number of nitrogens with zero attached hydrogens (tertiary/aromatic N) is 1. The molecule has 3 rings (SSSR count). The van der Waals surface area contributed by atoms with Crippen molar-refractivity contribution in [2.75, 3.05) is 5.75 Å². The van der Waals surface area contributed by atoms with Gasteiger partial charge in [0.25, 0.3) is 0 Å². The van der Waals surface area contributed by atoms with E-state index >= 15 is 0 Å². The molecule has 1 saturated carbocycles. The van der Waals surface area contributed by atoms with Gasteiger partial charge >= 0.3 is 5.97 Å². The Balaban J connectivity index is 1.59. The summed E-state index contributed by atoms with van der Waals surface area (Å²) in [5, 5.41) is 11.7. The van der Waals surface area contributed by atoms with Gasteiger partial charge in [-0.2, -0.15) is 0 Å². The predicted octanol–water partition coefficient (Wildman–Crippen LogP) is 3.49. The second-order valence-electron chi connectivity index (χ2n) is 7.56. The van der Waals surface area contributed by atoms with E-state index in [0.29, 0.717) is 29.7 Å². The fourth-order valence-electron chi connectivity index (χ4n) is 3.87. The van der Waals surface area contributed by atoms with Crippen molar-refractivity contribution in [3.05, 3.63) is 59.2 Å². The average Bonchev–Trinajstić information content (AvgIpc) is 3.39. The van der Waals surface area contributed by atoms with Crippen molar-refractivity contribution in [3.8, 4) is 0 Å². The maximum atomic E-state index is 11.3. The number of allylic oxidation sites excluding steroid dienone is 6. The number of nitrogens with one attached hydrogen (secondary N) is 1. The minimum absolute atomic E-state index is 0.322. The second-order valence-corrected chi connectivity index (χ2v) is 8.65. The van der Waals surface area contributed by atoms with Crippen LogP contribution in [0.15, 0.2) is 59.2 Å². The van der Waals surface area contributed by atoms with Gasteiger partial charge in [-0.25, -0.2) is 4.79 Å². The normalized spacial score (nSPS) is 29.6. The van der Waals surface area contributed by atoms with E-state index in [2.05, 4.69) is 65.9 Å². The predicted molar refractivity (Wildman–Crippen MR) is 114 cm³/mol. The molecule has 1 unspecified atom stereocenters. The number of rotatable bonds is 8. The lowest BCUT2D eigenvalue weighted by Gasteiger charge is -2.32. The van der Waals surface area contributed by atoms with Crippen molar-refractivity contribution in [3.63, 3.8) is 0 Å². The van der Waals surface area contributed by atoms with E-state index in [0.717, 1.165) is 4.91 Å². The van der Waals surface area contributed by atoms with Crippen LogP contribution in [0.4, 0.5) is 0 Å². The molecule has 150 valence electrons. The lowest BCUT2D eigenvalue weighted by Crippen LogP contribution is -2.41. The molecule has 1 amide bonds. The van der Waals surface area contributed by atoms with Crippen LogP contribution >= 0.6 is 11.8 Å². The molecule has 2 N–H and O–H groups in total. The molecular formula is C22H28N2O3S. The summed E-state index contributed by atoms with van der Waals surface area (Å²) in [7, 11) is 0. The smallest absolute Gasteiger partial charge is 0.327 e. The molecule has 6 heteroatoms. The maximum Gasteiger partial charge on any atom is 0.327 e. The fourth-order valence-corrected chi connectivity index (χ4v) is 4.85. The molecule has 0 radical (unpaired) electrons. The van der Waals surface area contributed by atoms with Gasteiger partial charge in [-0.3, -0.25) is 4.79 Å². The van der Waals surface area contributed by atoms with Gasteiger partial charge in [-0.1, -0.05) is 36.0 Å². The van der Waals surface area contributed by atoms with Gasteiger partial charge < -0.3 is 15.3 Å². The number of fused-ring (bicyclic) bond motifs is 3. The van der Waals surface area contributed by atoms with E-state index in [1.165, 1.54) is 30.7 Å². The Morgan fingerprint density at radius 2 is 2.14 bits per heavy atom. The summed E-state index contributed by atoms with van der Waals surface area (Å²) in [4.78, 5) is 26.0. The van der Waals surface area contributed by atoms with Crippen LogP contribution in [0, 0.1) is 11.8 Å². The summed E-state index contributed by atoms with van der Waals surface area (Å²) in [6.45, 7) is 5.47. The molecule has 2 fully saturated rings. The molecule has 2 aliphatic heterocycles. The number of carboxylic acid groups (broad SMARTS) is 1. The Morgan fingerprint density at radius 3 is 2.82 bits per heavy atom. The molecule has 0 aromatic carbocycles. The van der Waals surface area contributed by atoms with Gasteiger partial charge in [0.05, 0.1) is 12.1 Å². The summed E-state index contributed by atoms with van der Waals surface area (Å²) < 4.78 is 0. The van der Waals surface area contributed by atoms with Crippen molar-refractivity contribution in [1.82, 2.24) is 10.2 Å². The fraction of sp³-hybridized carbons (Fsp3) is 0.455. The first-order chi connectivity index (χ1) is 13.4. The van der Waals surface area contributed by atoms with Crippen LogP contribution in [0.3, 0.4) is 0 Å². The molecule has 0 bridgehead atoms. The highest BCUT2D eigenvalue weighted by atomic mass is 32.2. The highest BCUT2D eigenvalue weighted by Gasteiger charge is 2.56. The van der Waals surface area contributed by atoms with Gasteiger partial charge in [0.1, 0.15) is 6.04 Å². The Labute approximate surface area is 170 Å². The molecule has 2 heterocycles. The summed E-state index contributed by atoms with van der Waals surface area (Å²) in [5.41, 5.74) is 1.25. The molecule has 0 aromatic rings. The monoisotopic (exact) mass is 400 g/mol. The largest absolute Gasteiger partial charge is 0.480 e. The maximum absolute atomic E-state index is 11.3. The zero-order valence-electron chi connectivity index (χ0n) is 16.5. The minimum atomic E-state index is -1.00. The van der Waals surface area contributed by atoms with Gasteiger partial charge in [-0.05, 0) is 44.3 Å². The Bertz CT molecular complexity index is 781. The topological polar surface area (TPSA) is 69.6 Å². The van der Waals surface area contributed by atoms with Gasteiger partial charge in [0.2, 0.25) is 5.91 Å². The highest BCUT2D eigenvalue weighted by molar-refractivity contribution is 8.03. The van der Waals surface area contributed by atoms with E-state index in [1.54, 1.807) is 0 Å². The van der Waals surface area contributed by atoms with Crippen LogP contribution in [-0.4, -0.2) is 45.8 Å². The Hall–Kier alpha value is -2.21. The van der Waals surface area contributed by atoms with Crippen molar-refractivity contribution in [2.24, 2.45) is 11.8 Å². The standard InChI is InChI=1S/C22H28N2O3S/c1-4-14(2)7-5-6-8-20-17-12-18(17)21-11-16(9-10-24(20)21)28-13-19(22(26)27)23-15(3)25/h4-11,17-21H,12-13H2,1-3H3,(H,23,25)(H,26,27)/b7-5+,8-6+,14-4+/t17-,18+,19+,20+,21?/m1/s1. The zero-order valence-corrected chi connectivity index (χ0v) is 17.4. The number of thioether (sulfide) groups is 1. The zero-order chi connectivity index (χ0) is 20.3. The number of carboxylic acids is 1. The summed E-state index contributed by atoms with van der Waals surface area (Å²) in [6, 6.07) is -0.0524. The van der Waals surface area contributed by atoms with Crippen molar-refractivity contribution >= 4 is 23.6 Å². The van der Waals surface area contributed by atoms with E-state index in [4.69, 9.17) is 0 Å². The van der Waals surface area contributed by atoms with Gasteiger partial charge in [-0.15, -0.1) is 11.8 Å². The third-order valence-electron chi connectivity index (χ3n) is 5.53. The molecule has 0 spiro atoms.